The average molecular weight is 381 g/mol. The van der Waals surface area contributed by atoms with Gasteiger partial charge in [0, 0.05) is 18.2 Å². The van der Waals surface area contributed by atoms with Gasteiger partial charge >= 0.3 is 0 Å². The summed E-state index contributed by atoms with van der Waals surface area (Å²) in [6, 6.07) is 2.07. The molecule has 0 aromatic heterocycles. The summed E-state index contributed by atoms with van der Waals surface area (Å²) in [6.45, 7) is 5.64. The number of sulfonamides is 1. The van der Waals surface area contributed by atoms with E-state index in [1.54, 1.807) is 7.05 Å². The number of halogens is 2. The summed E-state index contributed by atoms with van der Waals surface area (Å²) in [5.41, 5.74) is -0.508. The van der Waals surface area contributed by atoms with E-state index < -0.39 is 32.2 Å². The summed E-state index contributed by atoms with van der Waals surface area (Å²) in [5.74, 6) is -1.33. The molecule has 0 heterocycles. The van der Waals surface area contributed by atoms with Gasteiger partial charge in [0.2, 0.25) is 10.0 Å². The van der Waals surface area contributed by atoms with Crippen molar-refractivity contribution in [2.45, 2.75) is 37.6 Å². The van der Waals surface area contributed by atoms with Crippen LogP contribution in [0.5, 0.6) is 0 Å². The minimum Gasteiger partial charge on any atom is -0.337 e. The van der Waals surface area contributed by atoms with E-state index in [-0.39, 0.29) is 10.0 Å². The molecule has 0 aliphatic carbocycles. The molecule has 0 aliphatic heterocycles. The molecule has 0 spiro atoms. The molecule has 0 radical (unpaired) electrons. The Morgan fingerprint density at radius 1 is 1.43 bits per heavy atom. The highest BCUT2D eigenvalue weighted by atomic mass is 79.9. The molecule has 0 saturated heterocycles. The first-order chi connectivity index (χ1) is 9.41. The summed E-state index contributed by atoms with van der Waals surface area (Å²) in [4.78, 5) is 13.4. The lowest BCUT2D eigenvalue weighted by Gasteiger charge is -2.35. The van der Waals surface area contributed by atoms with E-state index in [4.69, 9.17) is 5.14 Å². The van der Waals surface area contributed by atoms with Crippen molar-refractivity contribution < 1.29 is 17.6 Å². The molecule has 21 heavy (non-hydrogen) atoms. The molecule has 2 N–H and O–H groups in total. The molecule has 0 unspecified atom stereocenters. The Morgan fingerprint density at radius 2 is 1.95 bits per heavy atom. The van der Waals surface area contributed by atoms with E-state index in [1.807, 2.05) is 20.8 Å². The maximum Gasteiger partial charge on any atom is 0.254 e. The Hall–Kier alpha value is -0.990. The third-order valence-electron chi connectivity index (χ3n) is 3.63. The molecule has 1 aromatic rings. The normalized spacial score (nSPS) is 12.3. The van der Waals surface area contributed by atoms with Gasteiger partial charge in [-0.2, -0.15) is 0 Å². The van der Waals surface area contributed by atoms with Crippen LogP contribution in [-0.4, -0.2) is 31.8 Å². The van der Waals surface area contributed by atoms with Crippen LogP contribution in [0, 0.1) is 5.82 Å². The summed E-state index contributed by atoms with van der Waals surface area (Å²) >= 11 is 2.83. The van der Waals surface area contributed by atoms with Gasteiger partial charge in [0.25, 0.3) is 5.91 Å². The maximum atomic E-state index is 13.8. The Morgan fingerprint density at radius 3 is 2.38 bits per heavy atom. The minimum absolute atomic E-state index is 0.0660. The quantitative estimate of drug-likeness (QED) is 0.870. The van der Waals surface area contributed by atoms with Crippen molar-refractivity contribution in [2.24, 2.45) is 5.14 Å². The number of nitrogens with two attached hydrogens (primary N) is 1. The van der Waals surface area contributed by atoms with E-state index >= 15 is 0 Å². The number of carbonyl (C=O) groups is 1. The zero-order valence-electron chi connectivity index (χ0n) is 12.3. The first-order valence-corrected chi connectivity index (χ1v) is 8.55. The zero-order valence-corrected chi connectivity index (χ0v) is 14.7. The fourth-order valence-electron chi connectivity index (χ4n) is 1.60. The van der Waals surface area contributed by atoms with Crippen LogP contribution >= 0.6 is 15.9 Å². The van der Waals surface area contributed by atoms with Gasteiger partial charge < -0.3 is 4.90 Å². The molecule has 1 amide bonds. The monoisotopic (exact) mass is 380 g/mol. The first kappa shape index (κ1) is 18.1. The van der Waals surface area contributed by atoms with Gasteiger partial charge in [-0.1, -0.05) is 6.92 Å². The lowest BCUT2D eigenvalue weighted by Crippen LogP contribution is -2.44. The van der Waals surface area contributed by atoms with Crippen molar-refractivity contribution in [3.63, 3.8) is 0 Å². The summed E-state index contributed by atoms with van der Waals surface area (Å²) in [7, 11) is -2.55. The number of primary sulfonamides is 1. The zero-order chi connectivity index (χ0) is 16.6. The second kappa shape index (κ2) is 6.02. The van der Waals surface area contributed by atoms with Gasteiger partial charge in [0.15, 0.2) is 0 Å². The smallest absolute Gasteiger partial charge is 0.254 e. The highest BCUT2D eigenvalue weighted by molar-refractivity contribution is 9.10. The molecule has 1 aromatic carbocycles. The predicted octanol–water partition coefficient (Wildman–Crippen LogP) is 2.50. The van der Waals surface area contributed by atoms with Crippen LogP contribution in [0.3, 0.4) is 0 Å². The number of nitrogens with zero attached hydrogens (tertiary/aromatic N) is 1. The van der Waals surface area contributed by atoms with Gasteiger partial charge in [0.05, 0.1) is 9.37 Å². The number of amides is 1. The first-order valence-electron chi connectivity index (χ1n) is 6.22. The Labute approximate surface area is 132 Å². The van der Waals surface area contributed by atoms with Crippen molar-refractivity contribution in [3.05, 3.63) is 28.0 Å². The molecule has 118 valence electrons. The number of benzene rings is 1. The highest BCUT2D eigenvalue weighted by Crippen LogP contribution is 2.27. The number of carbonyl (C=O) groups excluding carboxylic acids is 1. The van der Waals surface area contributed by atoms with E-state index in [9.17, 15) is 17.6 Å². The third-order valence-corrected chi connectivity index (χ3v) is 5.63. The van der Waals surface area contributed by atoms with Crippen LogP contribution in [0.25, 0.3) is 0 Å². The van der Waals surface area contributed by atoms with Crippen molar-refractivity contribution >= 4 is 31.9 Å². The molecule has 0 bridgehead atoms. The predicted molar refractivity (Wildman–Crippen MR) is 81.9 cm³/mol. The molecule has 5 nitrogen and oxygen atoms in total. The van der Waals surface area contributed by atoms with Crippen LogP contribution in [0.4, 0.5) is 4.39 Å². The topological polar surface area (TPSA) is 80.5 Å². The molecule has 8 heteroatoms. The fourth-order valence-corrected chi connectivity index (χ4v) is 3.14. The van der Waals surface area contributed by atoms with E-state index in [0.717, 1.165) is 12.1 Å². The molecular weight excluding hydrogens is 363 g/mol. The van der Waals surface area contributed by atoms with Gasteiger partial charge in [0.1, 0.15) is 5.82 Å². The maximum absolute atomic E-state index is 13.8. The summed E-state index contributed by atoms with van der Waals surface area (Å²) in [6.07, 6.45) is 0.691. The lowest BCUT2D eigenvalue weighted by molar-refractivity contribution is 0.0619. The number of rotatable bonds is 4. The Kier molecular flexibility index (Phi) is 5.18. The highest BCUT2D eigenvalue weighted by Gasteiger charge is 2.28. The number of hydrogen-bond acceptors (Lipinski definition) is 3. The van der Waals surface area contributed by atoms with Gasteiger partial charge in [-0.05, 0) is 48.3 Å². The van der Waals surface area contributed by atoms with Crippen molar-refractivity contribution in [1.29, 1.82) is 0 Å². The minimum atomic E-state index is -4.14. The van der Waals surface area contributed by atoms with Crippen molar-refractivity contribution in [1.82, 2.24) is 4.90 Å². The second-order valence-corrected chi connectivity index (χ2v) is 7.67. The van der Waals surface area contributed by atoms with Crippen LogP contribution in [-0.2, 0) is 10.0 Å². The third kappa shape index (κ3) is 3.81. The number of hydrogen-bond donors (Lipinski definition) is 1. The molecule has 1 rings (SSSR count). The molecule has 0 aliphatic rings. The summed E-state index contributed by atoms with van der Waals surface area (Å²) < 4.78 is 36.5. The van der Waals surface area contributed by atoms with Crippen LogP contribution in [0.1, 0.15) is 37.6 Å². The average Bonchev–Trinajstić information content (AvgIpc) is 2.38. The lowest BCUT2D eigenvalue weighted by atomic mass is 9.99. The molecule has 0 atom stereocenters. The van der Waals surface area contributed by atoms with Crippen molar-refractivity contribution in [2.75, 3.05) is 7.05 Å². The van der Waals surface area contributed by atoms with Crippen LogP contribution in [0.15, 0.2) is 21.5 Å². The van der Waals surface area contributed by atoms with E-state index in [2.05, 4.69) is 15.9 Å². The second-order valence-electron chi connectivity index (χ2n) is 5.35. The van der Waals surface area contributed by atoms with Crippen LogP contribution in [0.2, 0.25) is 0 Å². The standard InChI is InChI=1S/C13H18BrFN2O3S/c1-5-13(2,3)17(4)12(18)8-6-9(15)11(14)10(7-8)21(16,19)20/h6-7H,5H2,1-4H3,(H2,16,19,20). The van der Waals surface area contributed by atoms with Crippen molar-refractivity contribution in [3.8, 4) is 0 Å². The van der Waals surface area contributed by atoms with E-state index in [1.165, 1.54) is 4.90 Å². The largest absolute Gasteiger partial charge is 0.337 e. The Bertz CT molecular complexity index is 674. The van der Waals surface area contributed by atoms with Crippen LogP contribution < -0.4 is 5.14 Å². The van der Waals surface area contributed by atoms with E-state index in [0.29, 0.717) is 6.42 Å². The van der Waals surface area contributed by atoms with Gasteiger partial charge in [-0.3, -0.25) is 4.79 Å². The van der Waals surface area contributed by atoms with Gasteiger partial charge in [-0.15, -0.1) is 0 Å². The molecular formula is C13H18BrFN2O3S. The SMILES string of the molecule is CCC(C)(C)N(C)C(=O)c1cc(F)c(Br)c(S(N)(=O)=O)c1. The molecule has 0 fully saturated rings. The summed E-state index contributed by atoms with van der Waals surface area (Å²) in [5, 5.41) is 5.03. The molecule has 0 saturated carbocycles. The Balaban J connectivity index is 3.40. The fraction of sp³-hybridized carbons (Fsp3) is 0.462. The van der Waals surface area contributed by atoms with Gasteiger partial charge in [-0.25, -0.2) is 17.9 Å².